The lowest BCUT2D eigenvalue weighted by Crippen LogP contribution is -2.61. The summed E-state index contributed by atoms with van der Waals surface area (Å²) in [6, 6.07) is 0. The molecule has 11 atom stereocenters. The number of carbonyl (C=O) groups excluding carboxylic acids is 2. The van der Waals surface area contributed by atoms with Crippen molar-refractivity contribution < 1.29 is 73.8 Å². The quantitative estimate of drug-likeness (QED) is 0.0208. The van der Waals surface area contributed by atoms with Gasteiger partial charge in [0.25, 0.3) is 0 Å². The number of hydrogen-bond donors (Lipinski definition) is 7. The van der Waals surface area contributed by atoms with Crippen molar-refractivity contribution in [2.75, 3.05) is 26.4 Å². The molecule has 2 saturated heterocycles. The Balaban J connectivity index is 1.78. The Hall–Kier alpha value is -1.76. The van der Waals surface area contributed by atoms with E-state index in [4.69, 9.17) is 28.4 Å². The van der Waals surface area contributed by atoms with Gasteiger partial charge < -0.3 is 64.2 Å². The topological polar surface area (TPSA) is 231 Å². The zero-order valence-corrected chi connectivity index (χ0v) is 38.8. The van der Waals surface area contributed by atoms with Gasteiger partial charge in [-0.1, -0.05) is 148 Å². The number of esters is 2. The Kier molecular flexibility index (Phi) is 33.1. The normalized spacial score (nSPS) is 26.9. The molecule has 0 radical (unpaired) electrons. The number of aliphatic hydroxyl groups excluding tert-OH is 7. The van der Waals surface area contributed by atoms with Gasteiger partial charge in [0.2, 0.25) is 0 Å². The average molecular weight is 905 g/mol. The Morgan fingerprint density at radius 1 is 0.492 bits per heavy atom. The molecule has 2 fully saturated rings. The highest BCUT2D eigenvalue weighted by Crippen LogP contribution is 2.26. The van der Waals surface area contributed by atoms with Crippen LogP contribution in [0.1, 0.15) is 187 Å². The van der Waals surface area contributed by atoms with Gasteiger partial charge in [-0.3, -0.25) is 9.59 Å². The molecule has 0 bridgehead atoms. The number of hydrogen-bond acceptors (Lipinski definition) is 15. The SMILES string of the molecule is CCCCCCCC/C=C\CCCCCCCCCCCC(=O)OC(COC(=O)CCCCCCCCCC)COC1OC(COC2OC(CO)C(O)C(O)C2O)C(O)C(O)C1O. The highest BCUT2D eigenvalue weighted by Gasteiger charge is 2.47. The van der Waals surface area contributed by atoms with Crippen LogP contribution in [0.25, 0.3) is 0 Å². The van der Waals surface area contributed by atoms with Crippen LogP contribution in [0.5, 0.6) is 0 Å². The van der Waals surface area contributed by atoms with Crippen molar-refractivity contribution in [3.63, 3.8) is 0 Å². The van der Waals surface area contributed by atoms with E-state index in [0.717, 1.165) is 44.9 Å². The molecule has 0 amide bonds. The highest BCUT2D eigenvalue weighted by molar-refractivity contribution is 5.70. The first-order valence-corrected chi connectivity index (χ1v) is 24.8. The molecule has 7 N–H and O–H groups in total. The summed E-state index contributed by atoms with van der Waals surface area (Å²) in [4.78, 5) is 25.6. The summed E-state index contributed by atoms with van der Waals surface area (Å²) in [5.41, 5.74) is 0. The van der Waals surface area contributed by atoms with Crippen LogP contribution < -0.4 is 0 Å². The van der Waals surface area contributed by atoms with Crippen LogP contribution in [-0.2, 0) is 38.0 Å². The fourth-order valence-corrected chi connectivity index (χ4v) is 7.86. The molecule has 2 rings (SSSR count). The van der Waals surface area contributed by atoms with Crippen molar-refractivity contribution in [2.24, 2.45) is 0 Å². The summed E-state index contributed by atoms with van der Waals surface area (Å²) in [6.07, 6.45) is 16.9. The summed E-state index contributed by atoms with van der Waals surface area (Å²) in [6.45, 7) is 2.55. The second-order valence-electron chi connectivity index (χ2n) is 17.6. The summed E-state index contributed by atoms with van der Waals surface area (Å²) >= 11 is 0. The predicted molar refractivity (Wildman–Crippen MR) is 238 cm³/mol. The van der Waals surface area contributed by atoms with Gasteiger partial charge in [-0.25, -0.2) is 0 Å². The summed E-state index contributed by atoms with van der Waals surface area (Å²) in [7, 11) is 0. The number of aliphatic hydroxyl groups is 7. The summed E-state index contributed by atoms with van der Waals surface area (Å²) in [5, 5.41) is 71.9. The summed E-state index contributed by atoms with van der Waals surface area (Å²) in [5.74, 6) is -0.925. The van der Waals surface area contributed by atoms with E-state index in [1.807, 2.05) is 0 Å². The van der Waals surface area contributed by atoms with Crippen LogP contribution in [0.4, 0.5) is 0 Å². The molecular weight excluding hydrogens is 817 g/mol. The van der Waals surface area contributed by atoms with Crippen LogP contribution >= 0.6 is 0 Å². The molecule has 0 aliphatic carbocycles. The van der Waals surface area contributed by atoms with Crippen molar-refractivity contribution in [1.82, 2.24) is 0 Å². The number of unbranched alkanes of at least 4 members (excludes halogenated alkanes) is 22. The maximum absolute atomic E-state index is 13.0. The minimum Gasteiger partial charge on any atom is -0.462 e. The second-order valence-corrected chi connectivity index (χ2v) is 17.6. The molecule has 0 saturated carbocycles. The molecule has 15 heteroatoms. The molecule has 0 spiro atoms. The maximum atomic E-state index is 13.0. The third kappa shape index (κ3) is 25.1. The summed E-state index contributed by atoms with van der Waals surface area (Å²) < 4.78 is 33.5. The zero-order valence-electron chi connectivity index (χ0n) is 38.8. The first-order valence-electron chi connectivity index (χ1n) is 24.8. The van der Waals surface area contributed by atoms with E-state index >= 15 is 0 Å². The zero-order chi connectivity index (χ0) is 46.1. The number of rotatable bonds is 38. The third-order valence-corrected chi connectivity index (χ3v) is 12.0. The van der Waals surface area contributed by atoms with Crippen molar-refractivity contribution in [1.29, 1.82) is 0 Å². The van der Waals surface area contributed by atoms with Gasteiger partial charge in [-0.05, 0) is 38.5 Å². The Morgan fingerprint density at radius 2 is 0.905 bits per heavy atom. The molecule has 2 aliphatic heterocycles. The van der Waals surface area contributed by atoms with Crippen LogP contribution in [0, 0.1) is 0 Å². The molecule has 11 unspecified atom stereocenters. The lowest BCUT2D eigenvalue weighted by molar-refractivity contribution is -0.332. The largest absolute Gasteiger partial charge is 0.462 e. The average Bonchev–Trinajstić information content (AvgIpc) is 3.28. The van der Waals surface area contributed by atoms with Crippen molar-refractivity contribution in [3.05, 3.63) is 12.2 Å². The Labute approximate surface area is 378 Å². The molecule has 63 heavy (non-hydrogen) atoms. The standard InChI is InChI=1S/C48H88O15/c1-3-5-7-9-11-13-14-15-16-17-18-19-20-21-22-23-25-27-29-31-40(51)61-36(33-58-39(50)30-28-26-24-12-10-8-6-4-2)34-59-47-46(57)44(55)42(53)38(63-47)35-60-48-45(56)43(54)41(52)37(32-49)62-48/h15-16,36-38,41-49,52-57H,3-14,17-35H2,1-2H3/b16-15-. The van der Waals surface area contributed by atoms with E-state index in [0.29, 0.717) is 12.8 Å². The van der Waals surface area contributed by atoms with Crippen molar-refractivity contribution >= 4 is 11.9 Å². The third-order valence-electron chi connectivity index (χ3n) is 12.0. The molecule has 2 heterocycles. The number of allylic oxidation sites excluding steroid dienone is 2. The molecular formula is C48H88O15. The molecule has 2 aliphatic rings. The van der Waals surface area contributed by atoms with Crippen LogP contribution in [0.15, 0.2) is 12.2 Å². The minimum atomic E-state index is -1.76. The van der Waals surface area contributed by atoms with Gasteiger partial charge in [0.15, 0.2) is 18.7 Å². The van der Waals surface area contributed by atoms with E-state index in [1.54, 1.807) is 0 Å². The predicted octanol–water partition coefficient (Wildman–Crippen LogP) is 6.21. The molecule has 0 aromatic rings. The van der Waals surface area contributed by atoms with Gasteiger partial charge in [0.05, 0.1) is 19.8 Å². The van der Waals surface area contributed by atoms with Gasteiger partial charge in [0, 0.05) is 12.8 Å². The van der Waals surface area contributed by atoms with Crippen molar-refractivity contribution in [3.8, 4) is 0 Å². The van der Waals surface area contributed by atoms with Crippen LogP contribution in [0.3, 0.4) is 0 Å². The van der Waals surface area contributed by atoms with E-state index in [2.05, 4.69) is 26.0 Å². The molecule has 370 valence electrons. The molecule has 0 aromatic heterocycles. The smallest absolute Gasteiger partial charge is 0.306 e. The van der Waals surface area contributed by atoms with Gasteiger partial charge in [-0.2, -0.15) is 0 Å². The van der Waals surface area contributed by atoms with E-state index in [-0.39, 0.29) is 26.1 Å². The van der Waals surface area contributed by atoms with E-state index < -0.39 is 92.7 Å². The first kappa shape index (κ1) is 57.4. The minimum absolute atomic E-state index is 0.167. The Bertz CT molecular complexity index is 1160. The van der Waals surface area contributed by atoms with Crippen LogP contribution in [0.2, 0.25) is 0 Å². The van der Waals surface area contributed by atoms with Gasteiger partial charge >= 0.3 is 11.9 Å². The highest BCUT2D eigenvalue weighted by atomic mass is 16.7. The van der Waals surface area contributed by atoms with Gasteiger partial charge in [-0.15, -0.1) is 0 Å². The molecule has 0 aromatic carbocycles. The van der Waals surface area contributed by atoms with Gasteiger partial charge in [0.1, 0.15) is 55.4 Å². The van der Waals surface area contributed by atoms with E-state index in [9.17, 15) is 45.3 Å². The fraction of sp³-hybridized carbons (Fsp3) is 0.917. The maximum Gasteiger partial charge on any atom is 0.306 e. The van der Waals surface area contributed by atoms with Crippen LogP contribution in [-0.4, -0.2) is 142 Å². The number of carbonyl (C=O) groups is 2. The first-order chi connectivity index (χ1) is 30.5. The lowest BCUT2D eigenvalue weighted by Gasteiger charge is -2.42. The number of ether oxygens (including phenoxy) is 6. The van der Waals surface area contributed by atoms with Crippen molar-refractivity contribution in [2.45, 2.75) is 255 Å². The second kappa shape index (κ2) is 36.4. The Morgan fingerprint density at radius 3 is 1.40 bits per heavy atom. The molecule has 15 nitrogen and oxygen atoms in total. The lowest BCUT2D eigenvalue weighted by atomic mass is 9.98. The monoisotopic (exact) mass is 905 g/mol. The van der Waals surface area contributed by atoms with E-state index in [1.165, 1.54) is 103 Å². The fourth-order valence-electron chi connectivity index (χ4n) is 7.86.